The molecular weight excluding hydrogens is 995 g/mol. The molecule has 1 aliphatic rings. The van der Waals surface area contributed by atoms with Crippen molar-refractivity contribution in [2.45, 2.75) is 57.8 Å². The smallest absolute Gasteiger partial charge is 0.0713 e. The van der Waals surface area contributed by atoms with Gasteiger partial charge in [-0.3, -0.25) is 0 Å². The van der Waals surface area contributed by atoms with Crippen LogP contribution in [-0.4, -0.2) is 0 Å². The summed E-state index contributed by atoms with van der Waals surface area (Å²) in [5.74, 6) is 0. The van der Waals surface area contributed by atoms with Gasteiger partial charge in [-0.25, -0.2) is 0 Å². The van der Waals surface area contributed by atoms with Crippen molar-refractivity contribution in [1.29, 1.82) is 0 Å². The van der Waals surface area contributed by atoms with Gasteiger partial charge in [0, 0.05) is 37.1 Å². The largest absolute Gasteiger partial charge is 0.310 e. The van der Waals surface area contributed by atoms with E-state index in [2.05, 4.69) is 319 Å². The molecule has 0 aliphatic heterocycles. The minimum atomic E-state index is -0.484. The number of thiophene rings is 1. The Bertz CT molecular complexity index is 4450. The maximum absolute atomic E-state index is 2.49. The zero-order valence-corrected chi connectivity index (χ0v) is 47.7. The number of benzene rings is 12. The highest BCUT2D eigenvalue weighted by Crippen LogP contribution is 2.57. The fraction of sp³-hybridized carbons (Fsp3) is 0.114. The zero-order valence-electron chi connectivity index (χ0n) is 46.8. The van der Waals surface area contributed by atoms with E-state index in [1.165, 1.54) is 109 Å². The first-order valence-corrected chi connectivity index (χ1v) is 29.3. The Morgan fingerprint density at radius 3 is 1.60 bits per heavy atom. The number of para-hydroxylation sites is 1. The van der Waals surface area contributed by atoms with E-state index in [0.717, 1.165) is 28.2 Å². The minimum Gasteiger partial charge on any atom is -0.310 e. The summed E-state index contributed by atoms with van der Waals surface area (Å²) in [5.41, 5.74) is 22.8. The first-order chi connectivity index (χ1) is 39.4. The van der Waals surface area contributed by atoms with Gasteiger partial charge in [-0.2, -0.15) is 0 Å². The van der Waals surface area contributed by atoms with Crippen LogP contribution in [-0.2, 0) is 16.2 Å². The second-order valence-electron chi connectivity index (χ2n) is 24.0. The van der Waals surface area contributed by atoms with Crippen LogP contribution in [0.5, 0.6) is 0 Å². The van der Waals surface area contributed by atoms with Gasteiger partial charge < -0.3 is 4.90 Å². The molecule has 1 aliphatic carbocycles. The Hall–Kier alpha value is -9.08. The molecule has 1 nitrogen and oxygen atoms in total. The molecule has 2 heteroatoms. The van der Waals surface area contributed by atoms with Gasteiger partial charge in [-0.1, -0.05) is 272 Å². The van der Waals surface area contributed by atoms with Gasteiger partial charge in [0.25, 0.3) is 0 Å². The third-order valence-corrected chi connectivity index (χ3v) is 18.3. The Kier molecular flexibility index (Phi) is 12.2. The monoisotopic (exact) mass is 1060 g/mol. The first kappa shape index (κ1) is 50.2. The van der Waals surface area contributed by atoms with Crippen molar-refractivity contribution >= 4 is 59.3 Å². The highest BCUT2D eigenvalue weighted by molar-refractivity contribution is 7.26. The summed E-state index contributed by atoms with van der Waals surface area (Å²) in [6, 6.07) is 102. The van der Waals surface area contributed by atoms with E-state index in [1.54, 1.807) is 0 Å². The molecule has 0 radical (unpaired) electrons. The molecular formula is C79H63NS. The molecule has 81 heavy (non-hydrogen) atoms. The normalized spacial score (nSPS) is 12.9. The highest BCUT2D eigenvalue weighted by Gasteiger charge is 2.46. The van der Waals surface area contributed by atoms with Crippen molar-refractivity contribution in [2.24, 2.45) is 0 Å². The van der Waals surface area contributed by atoms with Crippen LogP contribution >= 0.6 is 11.3 Å². The van der Waals surface area contributed by atoms with E-state index in [-0.39, 0.29) is 10.8 Å². The summed E-state index contributed by atoms with van der Waals surface area (Å²) in [6.07, 6.45) is 0. The number of rotatable bonds is 9. The molecule has 0 fully saturated rings. The SMILES string of the molecule is CC(C)(C)c1cc(-c2cccc3cccc(-c4ccccc4N(c4ccc(-c5ccc6c(c5)C(c5ccccc5)(c5ccccc5)c5ccccc5-6)cc4)c4cccc(-c5cccc6c5sc5ccccc56)c4)c23)cc(C(C)(C)C)c1. The molecule has 390 valence electrons. The average Bonchev–Trinajstić information content (AvgIpc) is 3.40. The summed E-state index contributed by atoms with van der Waals surface area (Å²) in [4.78, 5) is 2.49. The van der Waals surface area contributed by atoms with Crippen LogP contribution in [0.2, 0.25) is 0 Å². The lowest BCUT2D eigenvalue weighted by atomic mass is 9.67. The van der Waals surface area contributed by atoms with E-state index < -0.39 is 5.41 Å². The van der Waals surface area contributed by atoms with Gasteiger partial charge in [0.1, 0.15) is 0 Å². The highest BCUT2D eigenvalue weighted by atomic mass is 32.1. The predicted molar refractivity (Wildman–Crippen MR) is 348 cm³/mol. The van der Waals surface area contributed by atoms with Crippen molar-refractivity contribution in [3.63, 3.8) is 0 Å². The summed E-state index contributed by atoms with van der Waals surface area (Å²) in [7, 11) is 0. The van der Waals surface area contributed by atoms with Crippen LogP contribution in [0.3, 0.4) is 0 Å². The number of fused-ring (bicyclic) bond motifs is 7. The molecule has 1 aromatic heterocycles. The number of nitrogens with zero attached hydrogens (tertiary/aromatic N) is 1. The van der Waals surface area contributed by atoms with Crippen molar-refractivity contribution < 1.29 is 0 Å². The van der Waals surface area contributed by atoms with Crippen molar-refractivity contribution in [3.8, 4) is 55.6 Å². The average molecular weight is 1060 g/mol. The van der Waals surface area contributed by atoms with Crippen LogP contribution in [0, 0.1) is 0 Å². The van der Waals surface area contributed by atoms with Gasteiger partial charge in [0.15, 0.2) is 0 Å². The molecule has 0 bridgehead atoms. The lowest BCUT2D eigenvalue weighted by Gasteiger charge is -2.34. The third-order valence-electron chi connectivity index (χ3n) is 17.1. The van der Waals surface area contributed by atoms with Crippen molar-refractivity contribution in [3.05, 3.63) is 306 Å². The van der Waals surface area contributed by atoms with Crippen molar-refractivity contribution in [1.82, 2.24) is 0 Å². The van der Waals surface area contributed by atoms with E-state index in [4.69, 9.17) is 0 Å². The quantitative estimate of drug-likeness (QED) is 0.139. The fourth-order valence-electron chi connectivity index (χ4n) is 13.0. The van der Waals surface area contributed by atoms with E-state index in [0.29, 0.717) is 0 Å². The molecule has 0 unspecified atom stereocenters. The number of hydrogen-bond donors (Lipinski definition) is 0. The molecule has 13 aromatic rings. The first-order valence-electron chi connectivity index (χ1n) is 28.5. The van der Waals surface area contributed by atoms with Gasteiger partial charge in [0.2, 0.25) is 0 Å². The molecule has 1 heterocycles. The van der Waals surface area contributed by atoms with Gasteiger partial charge in [-0.15, -0.1) is 11.3 Å². The summed E-state index contributed by atoms with van der Waals surface area (Å²) in [5, 5.41) is 5.07. The predicted octanol–water partition coefficient (Wildman–Crippen LogP) is 22.3. The molecule has 0 atom stereocenters. The molecule has 12 aromatic carbocycles. The van der Waals surface area contributed by atoms with Crippen LogP contribution in [0.1, 0.15) is 74.9 Å². The van der Waals surface area contributed by atoms with Crippen LogP contribution in [0.4, 0.5) is 17.1 Å². The Morgan fingerprint density at radius 2 is 0.889 bits per heavy atom. The van der Waals surface area contributed by atoms with E-state index >= 15 is 0 Å². The number of hydrogen-bond acceptors (Lipinski definition) is 2. The van der Waals surface area contributed by atoms with Crippen LogP contribution in [0.25, 0.3) is 86.6 Å². The van der Waals surface area contributed by atoms with Gasteiger partial charge >= 0.3 is 0 Å². The second kappa shape index (κ2) is 19.6. The maximum atomic E-state index is 2.49. The maximum Gasteiger partial charge on any atom is 0.0713 e. The van der Waals surface area contributed by atoms with Gasteiger partial charge in [-0.05, 0) is 148 Å². The van der Waals surface area contributed by atoms with Crippen LogP contribution in [0.15, 0.2) is 273 Å². The standard InChI is InChI=1S/C79H63NS/c1-77(2,3)59-47-56(48-60(51-59)78(4,5)6)63-34-20-23-53-24-21-36-69(75(53)63)67-32-14-17-39-73(67)80(62-30-19-25-55(49-62)64-35-22-37-70-68-33-15-18-40-74(68)81-76(64)70)61-44-41-52(42-45-61)54-43-46-66-65-31-13-16-38-71(65)79(72(66)50-54,57-26-9-7-10-27-57)58-28-11-8-12-29-58/h7-51H,1-6H3. The summed E-state index contributed by atoms with van der Waals surface area (Å²) < 4.78 is 2.61. The number of anilines is 3. The summed E-state index contributed by atoms with van der Waals surface area (Å²) in [6.45, 7) is 14.0. The fourth-order valence-corrected chi connectivity index (χ4v) is 14.2. The zero-order chi connectivity index (χ0) is 55.0. The Labute approximate surface area is 481 Å². The molecule has 0 N–H and O–H groups in total. The van der Waals surface area contributed by atoms with E-state index in [1.807, 2.05) is 11.3 Å². The van der Waals surface area contributed by atoms with Gasteiger partial charge in [0.05, 0.1) is 11.1 Å². The van der Waals surface area contributed by atoms with Crippen LogP contribution < -0.4 is 4.90 Å². The van der Waals surface area contributed by atoms with Crippen molar-refractivity contribution in [2.75, 3.05) is 4.90 Å². The third kappa shape index (κ3) is 8.51. The molecule has 14 rings (SSSR count). The van der Waals surface area contributed by atoms with E-state index in [9.17, 15) is 0 Å². The topological polar surface area (TPSA) is 3.24 Å². The Balaban J connectivity index is 0.954. The molecule has 0 saturated heterocycles. The minimum absolute atomic E-state index is 0.0234. The molecule has 0 saturated carbocycles. The lowest BCUT2D eigenvalue weighted by molar-refractivity contribution is 0.569. The Morgan fingerprint density at radius 1 is 0.333 bits per heavy atom. The molecule has 0 spiro atoms. The lowest BCUT2D eigenvalue weighted by Crippen LogP contribution is -2.28. The second-order valence-corrected chi connectivity index (χ2v) is 25.1. The molecule has 0 amide bonds. The summed E-state index contributed by atoms with van der Waals surface area (Å²) >= 11 is 1.88.